The van der Waals surface area contributed by atoms with Crippen LogP contribution in [0.4, 0.5) is 0 Å². The molecule has 18 heavy (non-hydrogen) atoms. The van der Waals surface area contributed by atoms with E-state index in [4.69, 9.17) is 5.73 Å². The molecule has 2 rings (SSSR count). The second-order valence-electron chi connectivity index (χ2n) is 5.13. The van der Waals surface area contributed by atoms with Gasteiger partial charge in [0.25, 0.3) is 0 Å². The number of hydrogen-bond acceptors (Lipinski definition) is 3. The number of carbonyl (C=O) groups excluding carboxylic acids is 1. The van der Waals surface area contributed by atoms with Crippen molar-refractivity contribution < 1.29 is 4.79 Å². The van der Waals surface area contributed by atoms with E-state index in [2.05, 4.69) is 23.7 Å². The molecule has 4 heteroatoms. The molecule has 2 atom stereocenters. The highest BCUT2D eigenvalue weighted by atomic mass is 32.1. The van der Waals surface area contributed by atoms with Crippen molar-refractivity contribution in [2.45, 2.75) is 51.1 Å². The summed E-state index contributed by atoms with van der Waals surface area (Å²) in [6.07, 6.45) is 4.91. The largest absolute Gasteiger partial charge is 0.348 e. The summed E-state index contributed by atoms with van der Waals surface area (Å²) in [5.41, 5.74) is 5.99. The maximum Gasteiger partial charge on any atom is 0.222 e. The number of nitrogens with one attached hydrogen (secondary N) is 1. The standard InChI is InChI=1S/C14H22N2OS/c1-2-4-12(13-5-3-8-18-13)16-14(17)9-11(15)10-6-7-10/h3,5,8,10-12H,2,4,6-7,9,15H2,1H3,(H,16,17). The van der Waals surface area contributed by atoms with E-state index in [0.29, 0.717) is 12.3 Å². The summed E-state index contributed by atoms with van der Waals surface area (Å²) in [6, 6.07) is 4.33. The average Bonchev–Trinajstić information content (AvgIpc) is 3.04. The predicted molar refractivity (Wildman–Crippen MR) is 75.4 cm³/mol. The first-order valence-electron chi connectivity index (χ1n) is 6.79. The van der Waals surface area contributed by atoms with Gasteiger partial charge in [0.2, 0.25) is 5.91 Å². The van der Waals surface area contributed by atoms with E-state index in [1.165, 1.54) is 17.7 Å². The normalized spacial score (nSPS) is 18.3. The van der Waals surface area contributed by atoms with Gasteiger partial charge in [0.05, 0.1) is 6.04 Å². The van der Waals surface area contributed by atoms with Crippen molar-refractivity contribution in [2.24, 2.45) is 11.7 Å². The second kappa shape index (κ2) is 6.34. The van der Waals surface area contributed by atoms with Gasteiger partial charge in [-0.05, 0) is 36.6 Å². The first-order chi connectivity index (χ1) is 8.70. The second-order valence-corrected chi connectivity index (χ2v) is 6.11. The van der Waals surface area contributed by atoms with Crippen LogP contribution in [0.3, 0.4) is 0 Å². The summed E-state index contributed by atoms with van der Waals surface area (Å²) in [4.78, 5) is 13.2. The highest BCUT2D eigenvalue weighted by Gasteiger charge is 2.30. The van der Waals surface area contributed by atoms with Crippen LogP contribution < -0.4 is 11.1 Å². The minimum absolute atomic E-state index is 0.0515. The number of carbonyl (C=O) groups is 1. The lowest BCUT2D eigenvalue weighted by molar-refractivity contribution is -0.122. The smallest absolute Gasteiger partial charge is 0.222 e. The quantitative estimate of drug-likeness (QED) is 0.797. The maximum atomic E-state index is 12.0. The fourth-order valence-electron chi connectivity index (χ4n) is 2.22. The molecule has 0 radical (unpaired) electrons. The minimum atomic E-state index is 0.0515. The summed E-state index contributed by atoms with van der Waals surface area (Å²) in [6.45, 7) is 2.14. The van der Waals surface area contributed by atoms with Crippen molar-refractivity contribution in [3.63, 3.8) is 0 Å². The zero-order chi connectivity index (χ0) is 13.0. The molecule has 0 aliphatic heterocycles. The number of amides is 1. The van der Waals surface area contributed by atoms with Gasteiger partial charge in [-0.15, -0.1) is 11.3 Å². The minimum Gasteiger partial charge on any atom is -0.348 e. The van der Waals surface area contributed by atoms with Crippen molar-refractivity contribution in [3.8, 4) is 0 Å². The fraction of sp³-hybridized carbons (Fsp3) is 0.643. The van der Waals surface area contributed by atoms with Crippen LogP contribution in [0.1, 0.15) is 49.9 Å². The van der Waals surface area contributed by atoms with Crippen molar-refractivity contribution >= 4 is 17.2 Å². The van der Waals surface area contributed by atoms with Gasteiger partial charge in [-0.25, -0.2) is 0 Å². The molecular formula is C14H22N2OS. The van der Waals surface area contributed by atoms with Crippen molar-refractivity contribution in [1.29, 1.82) is 0 Å². The monoisotopic (exact) mass is 266 g/mol. The van der Waals surface area contributed by atoms with Gasteiger partial charge in [-0.3, -0.25) is 4.79 Å². The van der Waals surface area contributed by atoms with Gasteiger partial charge < -0.3 is 11.1 Å². The Kier molecular flexibility index (Phi) is 4.78. The number of rotatable bonds is 7. The summed E-state index contributed by atoms with van der Waals surface area (Å²) in [7, 11) is 0. The van der Waals surface area contributed by atoms with E-state index >= 15 is 0 Å². The molecule has 0 spiro atoms. The molecule has 1 amide bonds. The summed E-state index contributed by atoms with van der Waals surface area (Å²) < 4.78 is 0. The molecule has 1 heterocycles. The van der Waals surface area contributed by atoms with Gasteiger partial charge in [0.15, 0.2) is 0 Å². The molecule has 100 valence electrons. The Bertz CT molecular complexity index is 373. The maximum absolute atomic E-state index is 12.0. The molecule has 0 saturated heterocycles. The van der Waals surface area contributed by atoms with Crippen LogP contribution in [0, 0.1) is 5.92 Å². The van der Waals surface area contributed by atoms with E-state index in [-0.39, 0.29) is 18.0 Å². The number of nitrogens with two attached hydrogens (primary N) is 1. The van der Waals surface area contributed by atoms with Gasteiger partial charge in [-0.2, -0.15) is 0 Å². The summed E-state index contributed by atoms with van der Waals surface area (Å²) in [5, 5.41) is 5.18. The molecule has 1 aromatic rings. The van der Waals surface area contributed by atoms with Crippen molar-refractivity contribution in [2.75, 3.05) is 0 Å². The predicted octanol–water partition coefficient (Wildman–Crippen LogP) is 2.83. The lowest BCUT2D eigenvalue weighted by Gasteiger charge is -2.18. The first kappa shape index (κ1) is 13.6. The number of hydrogen-bond donors (Lipinski definition) is 2. The van der Waals surface area contributed by atoms with E-state index in [0.717, 1.165) is 12.8 Å². The Morgan fingerprint density at radius 1 is 1.61 bits per heavy atom. The van der Waals surface area contributed by atoms with Crippen LogP contribution in [-0.2, 0) is 4.79 Å². The van der Waals surface area contributed by atoms with E-state index in [1.54, 1.807) is 11.3 Å². The summed E-state index contributed by atoms with van der Waals surface area (Å²) >= 11 is 1.70. The molecule has 0 aromatic carbocycles. The average molecular weight is 266 g/mol. The topological polar surface area (TPSA) is 55.1 Å². The molecule has 1 aliphatic rings. The highest BCUT2D eigenvalue weighted by molar-refractivity contribution is 7.10. The van der Waals surface area contributed by atoms with Gasteiger partial charge in [0, 0.05) is 17.3 Å². The molecular weight excluding hydrogens is 244 g/mol. The van der Waals surface area contributed by atoms with Crippen LogP contribution in [0.15, 0.2) is 17.5 Å². The van der Waals surface area contributed by atoms with E-state index in [9.17, 15) is 4.79 Å². The summed E-state index contributed by atoms with van der Waals surface area (Å²) in [5.74, 6) is 0.684. The highest BCUT2D eigenvalue weighted by Crippen LogP contribution is 2.33. The van der Waals surface area contributed by atoms with Gasteiger partial charge >= 0.3 is 0 Å². The fourth-order valence-corrected chi connectivity index (χ4v) is 3.03. The Morgan fingerprint density at radius 3 is 2.94 bits per heavy atom. The molecule has 1 saturated carbocycles. The van der Waals surface area contributed by atoms with Crippen LogP contribution in [0.25, 0.3) is 0 Å². The van der Waals surface area contributed by atoms with Crippen LogP contribution in [0.5, 0.6) is 0 Å². The first-order valence-corrected chi connectivity index (χ1v) is 7.67. The van der Waals surface area contributed by atoms with E-state index < -0.39 is 0 Å². The molecule has 1 aliphatic carbocycles. The molecule has 0 bridgehead atoms. The van der Waals surface area contributed by atoms with Gasteiger partial charge in [-0.1, -0.05) is 19.4 Å². The third-order valence-corrected chi connectivity index (χ3v) is 4.43. The van der Waals surface area contributed by atoms with Crippen LogP contribution >= 0.6 is 11.3 Å². The van der Waals surface area contributed by atoms with Crippen molar-refractivity contribution in [3.05, 3.63) is 22.4 Å². The van der Waals surface area contributed by atoms with Gasteiger partial charge in [0.1, 0.15) is 0 Å². The lowest BCUT2D eigenvalue weighted by atomic mass is 10.1. The van der Waals surface area contributed by atoms with Crippen LogP contribution in [-0.4, -0.2) is 11.9 Å². The molecule has 1 fully saturated rings. The SMILES string of the molecule is CCCC(NC(=O)CC(N)C1CC1)c1cccs1. The molecule has 3 N–H and O–H groups in total. The van der Waals surface area contributed by atoms with E-state index in [1.807, 2.05) is 6.07 Å². The molecule has 1 aromatic heterocycles. The molecule has 3 nitrogen and oxygen atoms in total. The molecule has 2 unspecified atom stereocenters. The third kappa shape index (κ3) is 3.82. The van der Waals surface area contributed by atoms with Crippen LogP contribution in [0.2, 0.25) is 0 Å². The Labute approximate surface area is 113 Å². The third-order valence-electron chi connectivity index (χ3n) is 3.45. The zero-order valence-electron chi connectivity index (χ0n) is 10.9. The Morgan fingerprint density at radius 2 is 2.39 bits per heavy atom. The Hall–Kier alpha value is -0.870. The Balaban J connectivity index is 1.85. The number of thiophene rings is 1. The zero-order valence-corrected chi connectivity index (χ0v) is 11.7. The van der Waals surface area contributed by atoms with Crippen molar-refractivity contribution in [1.82, 2.24) is 5.32 Å². The lowest BCUT2D eigenvalue weighted by Crippen LogP contribution is -2.34.